The number of piperidine rings is 1. The summed E-state index contributed by atoms with van der Waals surface area (Å²) >= 11 is 14.3. The van der Waals surface area contributed by atoms with Gasteiger partial charge in [0.05, 0.1) is 11.6 Å². The number of amides is 1. The van der Waals surface area contributed by atoms with Crippen molar-refractivity contribution in [2.45, 2.75) is 52.2 Å². The van der Waals surface area contributed by atoms with Gasteiger partial charge in [-0.25, -0.2) is 9.10 Å². The second-order valence-electron chi connectivity index (χ2n) is 7.38. The summed E-state index contributed by atoms with van der Waals surface area (Å²) in [4.78, 5) is 15.4. The van der Waals surface area contributed by atoms with Crippen LogP contribution in [0.3, 0.4) is 0 Å². The van der Waals surface area contributed by atoms with Gasteiger partial charge >= 0.3 is 6.09 Å². The van der Waals surface area contributed by atoms with Gasteiger partial charge in [0.15, 0.2) is 0 Å². The number of ether oxygens (including phenoxy) is 1. The van der Waals surface area contributed by atoms with Crippen LogP contribution < -0.4 is 4.90 Å². The van der Waals surface area contributed by atoms with E-state index >= 15 is 0 Å². The van der Waals surface area contributed by atoms with Gasteiger partial charge in [-0.15, -0.1) is 11.6 Å². The third kappa shape index (κ3) is 5.72. The average molecular weight is 455 g/mol. The van der Waals surface area contributed by atoms with E-state index in [1.54, 1.807) is 11.9 Å². The molecule has 0 aliphatic carbocycles. The predicted octanol–water partition coefficient (Wildman–Crippen LogP) is 6.61. The first kappa shape index (κ1) is 22.5. The Morgan fingerprint density at radius 2 is 2.10 bits per heavy atom. The average Bonchev–Trinajstić information content (AvgIpc) is 2.73. The third-order valence-corrected chi connectivity index (χ3v) is 7.45. The molecule has 158 valence electrons. The van der Waals surface area contributed by atoms with Crippen molar-refractivity contribution in [1.29, 1.82) is 0 Å². The summed E-state index contributed by atoms with van der Waals surface area (Å²) < 4.78 is 7.74. The monoisotopic (exact) mass is 454 g/mol. The Hall–Kier alpha value is -1.14. The van der Waals surface area contributed by atoms with Gasteiger partial charge in [-0.2, -0.15) is 0 Å². The number of cyclic esters (lactones) is 1. The van der Waals surface area contributed by atoms with Crippen molar-refractivity contribution in [3.63, 3.8) is 0 Å². The van der Waals surface area contributed by atoms with E-state index < -0.39 is 0 Å². The zero-order valence-electron chi connectivity index (χ0n) is 17.0. The first-order chi connectivity index (χ1) is 14.0. The molecule has 0 atom stereocenters. The van der Waals surface area contributed by atoms with Gasteiger partial charge in [-0.3, -0.25) is 4.90 Å². The molecule has 1 amide bonds. The number of hydrogen-bond acceptors (Lipinski definition) is 4. The minimum atomic E-state index is -0.235. The van der Waals surface area contributed by atoms with Crippen LogP contribution in [0.15, 0.2) is 40.3 Å². The summed E-state index contributed by atoms with van der Waals surface area (Å²) in [5, 5.41) is 0.842. The van der Waals surface area contributed by atoms with Gasteiger partial charge < -0.3 is 4.74 Å². The fourth-order valence-corrected chi connectivity index (χ4v) is 5.34. The molecule has 0 aromatic heterocycles. The standard InChI is InChI=1S/C22H28Cl2N2O2S/c1-3-4-5-6-19(24)21(14-23)29-25-11-9-18(10-12-25)26-20-8-7-16(2)13-17(20)15-28-22(26)27/h3-4,7-8,13,18H,5-6,9-12,14-15H2,1-2H3/b4-3-,21-19-. The van der Waals surface area contributed by atoms with Gasteiger partial charge in [-0.1, -0.05) is 41.4 Å². The van der Waals surface area contributed by atoms with Crippen molar-refractivity contribution in [3.05, 3.63) is 51.4 Å². The molecule has 1 fully saturated rings. The first-order valence-electron chi connectivity index (χ1n) is 10.1. The summed E-state index contributed by atoms with van der Waals surface area (Å²) in [5.41, 5.74) is 3.26. The molecule has 0 saturated carbocycles. The number of carbonyl (C=O) groups excluding carboxylic acids is 1. The lowest BCUT2D eigenvalue weighted by molar-refractivity contribution is 0.136. The predicted molar refractivity (Wildman–Crippen MR) is 124 cm³/mol. The van der Waals surface area contributed by atoms with E-state index in [1.165, 1.54) is 5.56 Å². The summed E-state index contributed by atoms with van der Waals surface area (Å²) in [7, 11) is 0. The van der Waals surface area contributed by atoms with Crippen LogP contribution in [0.2, 0.25) is 0 Å². The zero-order chi connectivity index (χ0) is 20.8. The van der Waals surface area contributed by atoms with Crippen molar-refractivity contribution in [2.75, 3.05) is 23.9 Å². The minimum absolute atomic E-state index is 0.148. The van der Waals surface area contributed by atoms with Gasteiger partial charge in [-0.05, 0) is 57.5 Å². The summed E-state index contributed by atoms with van der Waals surface area (Å²) in [6.45, 7) is 6.18. The van der Waals surface area contributed by atoms with Crippen LogP contribution in [-0.2, 0) is 11.3 Å². The van der Waals surface area contributed by atoms with E-state index in [9.17, 15) is 4.79 Å². The Labute approximate surface area is 188 Å². The molecular formula is C22H28Cl2N2O2S. The Balaban J connectivity index is 1.62. The summed E-state index contributed by atoms with van der Waals surface area (Å²) in [6, 6.07) is 6.36. The quantitative estimate of drug-likeness (QED) is 0.263. The lowest BCUT2D eigenvalue weighted by atomic mass is 10.0. The number of anilines is 1. The van der Waals surface area contributed by atoms with Crippen molar-refractivity contribution < 1.29 is 9.53 Å². The highest BCUT2D eigenvalue weighted by molar-refractivity contribution is 8.01. The van der Waals surface area contributed by atoms with Crippen LogP contribution in [0.25, 0.3) is 0 Å². The van der Waals surface area contributed by atoms with Crippen molar-refractivity contribution in [3.8, 4) is 0 Å². The maximum Gasteiger partial charge on any atom is 0.414 e. The third-order valence-electron chi connectivity index (χ3n) is 5.26. The largest absolute Gasteiger partial charge is 0.444 e. The van der Waals surface area contributed by atoms with E-state index in [1.807, 2.05) is 24.0 Å². The normalized spacial score (nSPS) is 19.3. The number of nitrogens with zero attached hydrogens (tertiary/aromatic N) is 2. The van der Waals surface area contributed by atoms with Crippen molar-refractivity contribution in [1.82, 2.24) is 4.31 Å². The van der Waals surface area contributed by atoms with Gasteiger partial charge in [0.25, 0.3) is 0 Å². The topological polar surface area (TPSA) is 32.8 Å². The Kier molecular flexibility index (Phi) is 8.36. The highest BCUT2D eigenvalue weighted by Crippen LogP contribution is 2.36. The highest BCUT2D eigenvalue weighted by Gasteiger charge is 2.34. The molecule has 4 nitrogen and oxygen atoms in total. The molecule has 2 heterocycles. The number of carbonyl (C=O) groups is 1. The number of hydrogen-bond donors (Lipinski definition) is 0. The molecule has 1 aromatic carbocycles. The van der Waals surface area contributed by atoms with Crippen LogP contribution >= 0.6 is 35.1 Å². The van der Waals surface area contributed by atoms with Crippen LogP contribution in [-0.4, -0.2) is 35.4 Å². The Bertz CT molecular complexity index is 789. The lowest BCUT2D eigenvalue weighted by Gasteiger charge is -2.40. The maximum atomic E-state index is 12.5. The lowest BCUT2D eigenvalue weighted by Crippen LogP contribution is -2.48. The van der Waals surface area contributed by atoms with Crippen LogP contribution in [0, 0.1) is 6.92 Å². The van der Waals surface area contributed by atoms with E-state index in [-0.39, 0.29) is 12.1 Å². The van der Waals surface area contributed by atoms with Crippen molar-refractivity contribution >= 4 is 46.9 Å². The number of aryl methyl sites for hydroxylation is 1. The molecule has 2 aliphatic heterocycles. The molecule has 29 heavy (non-hydrogen) atoms. The summed E-state index contributed by atoms with van der Waals surface area (Å²) in [6.07, 6.45) is 7.43. The van der Waals surface area contributed by atoms with Crippen molar-refractivity contribution in [2.24, 2.45) is 0 Å². The second kappa shape index (κ2) is 10.8. The minimum Gasteiger partial charge on any atom is -0.444 e. The number of benzene rings is 1. The second-order valence-corrected chi connectivity index (χ2v) is 9.29. The molecule has 0 spiro atoms. The molecule has 7 heteroatoms. The molecule has 0 N–H and O–H groups in total. The molecule has 1 aromatic rings. The van der Waals surface area contributed by atoms with E-state index in [2.05, 4.69) is 29.4 Å². The molecule has 3 rings (SSSR count). The SMILES string of the molecule is C/C=C\CC/C(Cl)=C(\CCl)SN1CCC(N2C(=O)OCc3cc(C)ccc32)CC1. The maximum absolute atomic E-state index is 12.5. The Morgan fingerprint density at radius 1 is 1.34 bits per heavy atom. The molecular weight excluding hydrogens is 427 g/mol. The number of fused-ring (bicyclic) bond motifs is 1. The van der Waals surface area contributed by atoms with Gasteiger partial charge in [0, 0.05) is 34.6 Å². The van der Waals surface area contributed by atoms with Crippen LogP contribution in [0.4, 0.5) is 10.5 Å². The van der Waals surface area contributed by atoms with Crippen LogP contribution in [0.5, 0.6) is 0 Å². The first-order valence-corrected chi connectivity index (χ1v) is 11.7. The van der Waals surface area contributed by atoms with E-state index in [0.717, 1.165) is 60.0 Å². The molecule has 2 aliphatic rings. The molecule has 0 unspecified atom stereocenters. The van der Waals surface area contributed by atoms with Crippen LogP contribution in [0.1, 0.15) is 43.7 Å². The number of allylic oxidation sites excluding steroid dienone is 4. The number of alkyl halides is 1. The van der Waals surface area contributed by atoms with E-state index in [4.69, 9.17) is 27.9 Å². The molecule has 0 radical (unpaired) electrons. The van der Waals surface area contributed by atoms with Gasteiger partial charge in [0.2, 0.25) is 0 Å². The number of halogens is 2. The number of rotatable bonds is 7. The zero-order valence-corrected chi connectivity index (χ0v) is 19.3. The van der Waals surface area contributed by atoms with Gasteiger partial charge in [0.1, 0.15) is 6.61 Å². The fourth-order valence-electron chi connectivity index (χ4n) is 3.73. The fraction of sp³-hybridized carbons (Fsp3) is 0.500. The molecule has 0 bridgehead atoms. The Morgan fingerprint density at radius 3 is 2.79 bits per heavy atom. The smallest absolute Gasteiger partial charge is 0.414 e. The highest BCUT2D eigenvalue weighted by atomic mass is 35.5. The summed E-state index contributed by atoms with van der Waals surface area (Å²) in [5.74, 6) is 0.421. The van der Waals surface area contributed by atoms with E-state index in [0.29, 0.717) is 12.5 Å². The molecule has 1 saturated heterocycles.